The summed E-state index contributed by atoms with van der Waals surface area (Å²) in [5.74, 6) is 0. The Morgan fingerprint density at radius 1 is 1.25 bits per heavy atom. The number of benzene rings is 1. The van der Waals surface area contributed by atoms with Crippen LogP contribution in [0.5, 0.6) is 0 Å². The molecule has 0 spiro atoms. The first kappa shape index (κ1) is 15.8. The summed E-state index contributed by atoms with van der Waals surface area (Å²) in [7, 11) is 0. The van der Waals surface area contributed by atoms with Crippen LogP contribution in [0.2, 0.25) is 10.0 Å². The van der Waals surface area contributed by atoms with Gasteiger partial charge in [-0.25, -0.2) is 0 Å². The van der Waals surface area contributed by atoms with Crippen molar-refractivity contribution < 1.29 is 4.74 Å². The molecule has 6 heteroatoms. The average Bonchev–Trinajstić information content (AvgIpc) is 2.65. The molecule has 1 aromatic carbocycles. The third kappa shape index (κ3) is 3.76. The van der Waals surface area contributed by atoms with Crippen molar-refractivity contribution in [3.05, 3.63) is 26.9 Å². The minimum absolute atomic E-state index is 0.284. The normalized spacial score (nSPS) is 11.7. The smallest absolute Gasteiger partial charge is 0.178 e. The SMILES string of the molecule is CC(C)OCCCCn1c(=S)[nH]c2cc(Cl)c(Cl)cc21. The van der Waals surface area contributed by atoms with Crippen molar-refractivity contribution in [2.75, 3.05) is 6.61 Å². The van der Waals surface area contributed by atoms with Crippen LogP contribution in [0, 0.1) is 4.77 Å². The molecule has 20 heavy (non-hydrogen) atoms. The van der Waals surface area contributed by atoms with Crippen LogP contribution in [0.4, 0.5) is 0 Å². The lowest BCUT2D eigenvalue weighted by atomic mass is 10.3. The minimum Gasteiger partial charge on any atom is -0.379 e. The lowest BCUT2D eigenvalue weighted by Crippen LogP contribution is -2.05. The lowest BCUT2D eigenvalue weighted by Gasteiger charge is -2.08. The zero-order chi connectivity index (χ0) is 14.7. The van der Waals surface area contributed by atoms with E-state index < -0.39 is 0 Å². The van der Waals surface area contributed by atoms with Crippen LogP contribution in [-0.2, 0) is 11.3 Å². The number of hydrogen-bond acceptors (Lipinski definition) is 2. The number of aromatic amines is 1. The molecule has 1 N–H and O–H groups in total. The zero-order valence-electron chi connectivity index (χ0n) is 11.6. The first-order valence-electron chi connectivity index (χ1n) is 6.68. The Morgan fingerprint density at radius 2 is 1.95 bits per heavy atom. The molecule has 2 rings (SSSR count). The zero-order valence-corrected chi connectivity index (χ0v) is 13.9. The standard InChI is InChI=1S/C14H18Cl2N2OS/c1-9(2)19-6-4-3-5-18-13-8-11(16)10(15)7-12(13)17-14(18)20/h7-9H,3-6H2,1-2H3,(H,17,20). The molecule has 3 nitrogen and oxygen atoms in total. The highest BCUT2D eigenvalue weighted by molar-refractivity contribution is 7.71. The van der Waals surface area contributed by atoms with Crippen LogP contribution < -0.4 is 0 Å². The average molecular weight is 333 g/mol. The Morgan fingerprint density at radius 3 is 2.65 bits per heavy atom. The van der Waals surface area contributed by atoms with Crippen LogP contribution in [-0.4, -0.2) is 22.3 Å². The Labute approximate surface area is 133 Å². The van der Waals surface area contributed by atoms with E-state index in [9.17, 15) is 0 Å². The van der Waals surface area contributed by atoms with Crippen molar-refractivity contribution in [2.24, 2.45) is 0 Å². The van der Waals surface area contributed by atoms with E-state index in [0.29, 0.717) is 14.8 Å². The molecule has 0 atom stereocenters. The van der Waals surface area contributed by atoms with E-state index in [2.05, 4.69) is 9.55 Å². The van der Waals surface area contributed by atoms with E-state index in [1.165, 1.54) is 0 Å². The number of rotatable bonds is 6. The van der Waals surface area contributed by atoms with Gasteiger partial charge in [-0.2, -0.15) is 0 Å². The number of imidazole rings is 1. The molecule has 2 aromatic rings. The van der Waals surface area contributed by atoms with E-state index in [1.54, 1.807) is 0 Å². The summed E-state index contributed by atoms with van der Waals surface area (Å²) >= 11 is 17.4. The second-order valence-electron chi connectivity index (χ2n) is 4.99. The number of nitrogens with zero attached hydrogens (tertiary/aromatic N) is 1. The molecule has 0 radical (unpaired) electrons. The molecule has 0 aliphatic rings. The number of H-pyrrole nitrogens is 1. The molecule has 0 saturated heterocycles. The molecule has 110 valence electrons. The Kier molecular flexibility index (Phi) is 5.49. The van der Waals surface area contributed by atoms with Crippen LogP contribution in [0.1, 0.15) is 26.7 Å². The van der Waals surface area contributed by atoms with Crippen LogP contribution in [0.3, 0.4) is 0 Å². The number of hydrogen-bond donors (Lipinski definition) is 1. The summed E-state index contributed by atoms with van der Waals surface area (Å²) < 4.78 is 8.29. The van der Waals surface area contributed by atoms with Crippen molar-refractivity contribution in [1.82, 2.24) is 9.55 Å². The third-order valence-electron chi connectivity index (χ3n) is 3.04. The predicted molar refractivity (Wildman–Crippen MR) is 87.5 cm³/mol. The quantitative estimate of drug-likeness (QED) is 0.581. The first-order valence-corrected chi connectivity index (χ1v) is 7.84. The monoisotopic (exact) mass is 332 g/mol. The van der Waals surface area contributed by atoms with Crippen LogP contribution >= 0.6 is 35.4 Å². The van der Waals surface area contributed by atoms with Gasteiger partial charge in [-0.15, -0.1) is 0 Å². The number of nitrogens with one attached hydrogen (secondary N) is 1. The van der Waals surface area contributed by atoms with E-state index in [4.69, 9.17) is 40.2 Å². The summed E-state index contributed by atoms with van der Waals surface area (Å²) in [4.78, 5) is 3.16. The van der Waals surface area contributed by atoms with E-state index in [-0.39, 0.29) is 6.10 Å². The molecule has 0 saturated carbocycles. The summed E-state index contributed by atoms with van der Waals surface area (Å²) in [5.41, 5.74) is 1.91. The van der Waals surface area contributed by atoms with Gasteiger partial charge in [0.2, 0.25) is 0 Å². The topological polar surface area (TPSA) is 29.9 Å². The van der Waals surface area contributed by atoms with Crippen LogP contribution in [0.25, 0.3) is 11.0 Å². The van der Waals surface area contributed by atoms with E-state index >= 15 is 0 Å². The summed E-state index contributed by atoms with van der Waals surface area (Å²) in [6.45, 7) is 5.71. The third-order valence-corrected chi connectivity index (χ3v) is 4.09. The Balaban J connectivity index is 2.08. The maximum Gasteiger partial charge on any atom is 0.178 e. The van der Waals surface area contributed by atoms with Crippen molar-refractivity contribution in [3.8, 4) is 0 Å². The fraction of sp³-hybridized carbons (Fsp3) is 0.500. The fourth-order valence-electron chi connectivity index (χ4n) is 2.06. The molecule has 0 amide bonds. The molecule has 0 aliphatic carbocycles. The van der Waals surface area contributed by atoms with Crippen molar-refractivity contribution >= 4 is 46.5 Å². The fourth-order valence-corrected chi connectivity index (χ4v) is 2.69. The molecular formula is C14H18Cl2N2OS. The van der Waals surface area contributed by atoms with Gasteiger partial charge in [-0.3, -0.25) is 0 Å². The van der Waals surface area contributed by atoms with Gasteiger partial charge < -0.3 is 14.3 Å². The number of fused-ring (bicyclic) bond motifs is 1. The highest BCUT2D eigenvalue weighted by atomic mass is 35.5. The molecule has 0 fully saturated rings. The number of aromatic nitrogens is 2. The van der Waals surface area contributed by atoms with Gasteiger partial charge in [0.25, 0.3) is 0 Å². The van der Waals surface area contributed by atoms with Gasteiger partial charge in [0, 0.05) is 13.2 Å². The number of aryl methyl sites for hydroxylation is 1. The molecule has 0 unspecified atom stereocenters. The summed E-state index contributed by atoms with van der Waals surface area (Å²) in [6, 6.07) is 3.67. The predicted octanol–water partition coefficient (Wildman–Crippen LogP) is 5.21. The van der Waals surface area contributed by atoms with Gasteiger partial charge in [0.15, 0.2) is 4.77 Å². The van der Waals surface area contributed by atoms with Crippen molar-refractivity contribution in [3.63, 3.8) is 0 Å². The number of halogens is 2. The molecule has 0 bridgehead atoms. The van der Waals surface area contributed by atoms with E-state index in [1.807, 2.05) is 26.0 Å². The molecule has 1 aromatic heterocycles. The van der Waals surface area contributed by atoms with Gasteiger partial charge in [-0.05, 0) is 51.0 Å². The Hall–Kier alpha value is -0.550. The second-order valence-corrected chi connectivity index (χ2v) is 6.19. The highest BCUT2D eigenvalue weighted by Gasteiger charge is 2.08. The van der Waals surface area contributed by atoms with Crippen molar-refractivity contribution in [1.29, 1.82) is 0 Å². The molecule has 0 aliphatic heterocycles. The largest absolute Gasteiger partial charge is 0.379 e. The molecule has 1 heterocycles. The lowest BCUT2D eigenvalue weighted by molar-refractivity contribution is 0.0755. The summed E-state index contributed by atoms with van der Waals surface area (Å²) in [5, 5.41) is 1.08. The Bertz CT molecular complexity index is 648. The number of ether oxygens (including phenoxy) is 1. The summed E-state index contributed by atoms with van der Waals surface area (Å²) in [6.07, 6.45) is 2.30. The van der Waals surface area contributed by atoms with Gasteiger partial charge in [0.05, 0.1) is 27.2 Å². The van der Waals surface area contributed by atoms with Crippen LogP contribution in [0.15, 0.2) is 12.1 Å². The van der Waals surface area contributed by atoms with Gasteiger partial charge in [-0.1, -0.05) is 23.2 Å². The van der Waals surface area contributed by atoms with Crippen molar-refractivity contribution in [2.45, 2.75) is 39.3 Å². The second kappa shape index (κ2) is 6.94. The van der Waals surface area contributed by atoms with Gasteiger partial charge in [0.1, 0.15) is 0 Å². The maximum atomic E-state index is 6.07. The number of unbranched alkanes of at least 4 members (excludes halogenated alkanes) is 1. The molecular weight excluding hydrogens is 315 g/mol. The van der Waals surface area contributed by atoms with E-state index in [0.717, 1.165) is 37.0 Å². The minimum atomic E-state index is 0.284. The first-order chi connectivity index (χ1) is 9.49. The maximum absolute atomic E-state index is 6.07. The highest BCUT2D eigenvalue weighted by Crippen LogP contribution is 2.27. The van der Waals surface area contributed by atoms with Gasteiger partial charge >= 0.3 is 0 Å².